The topological polar surface area (TPSA) is 0 Å². The van der Waals surface area contributed by atoms with Crippen molar-refractivity contribution in [2.75, 3.05) is 13.3 Å². The fourth-order valence-electron chi connectivity index (χ4n) is 4.42. The molecule has 0 saturated heterocycles. The van der Waals surface area contributed by atoms with Gasteiger partial charge in [0, 0.05) is 26.7 Å². The molecule has 0 unspecified atom stereocenters. The average molecular weight is 415 g/mol. The molecule has 0 aliphatic rings. The van der Waals surface area contributed by atoms with E-state index in [1.165, 1.54) is 51.4 Å². The molecule has 0 amide bonds. The van der Waals surface area contributed by atoms with Crippen molar-refractivity contribution in [3.63, 3.8) is 0 Å². The van der Waals surface area contributed by atoms with Gasteiger partial charge in [0.05, 0.1) is 10.3 Å². The molecule has 0 aliphatic carbocycles. The lowest BCUT2D eigenvalue weighted by Crippen LogP contribution is -2.33. The standard InChI is InChI=1S/C16H36B.C10H24P/c1-5-9-13-17(14-10-6-2,15-11-7-3)16-12-8-4;1-9(2,3)11(7,8)10(4,5)6/h5-16H2,1-4H3;1-8H3/q-1;+1. The van der Waals surface area contributed by atoms with E-state index in [1.807, 2.05) is 0 Å². The van der Waals surface area contributed by atoms with E-state index in [-0.39, 0.29) is 6.15 Å². The molecular weight excluding hydrogens is 354 g/mol. The average Bonchev–Trinajstić information content (AvgIpc) is 2.59. The minimum atomic E-state index is -0.810. The fraction of sp³-hybridized carbons (Fsp3) is 1.00. The Morgan fingerprint density at radius 2 is 0.714 bits per heavy atom. The van der Waals surface area contributed by atoms with Gasteiger partial charge in [-0.1, -0.05) is 79.1 Å². The van der Waals surface area contributed by atoms with Crippen LogP contribution >= 0.6 is 7.26 Å². The molecule has 0 rings (SSSR count). The predicted octanol–water partition coefficient (Wildman–Crippen LogP) is 10.5. The van der Waals surface area contributed by atoms with Crippen LogP contribution in [0.5, 0.6) is 0 Å². The maximum Gasteiger partial charge on any atom is 0.0715 e. The quantitative estimate of drug-likeness (QED) is 0.220. The molecule has 172 valence electrons. The molecule has 0 aromatic heterocycles. The van der Waals surface area contributed by atoms with E-state index < -0.39 is 7.26 Å². The summed E-state index contributed by atoms with van der Waals surface area (Å²) in [6.45, 7) is 28.5. The van der Waals surface area contributed by atoms with Crippen LogP contribution in [0.15, 0.2) is 0 Å². The summed E-state index contributed by atoms with van der Waals surface area (Å²) in [7, 11) is -0.810. The Labute approximate surface area is 183 Å². The van der Waals surface area contributed by atoms with Gasteiger partial charge in [-0.25, -0.2) is 0 Å². The third-order valence-corrected chi connectivity index (χ3v) is 14.7. The van der Waals surface area contributed by atoms with Gasteiger partial charge in [-0.05, 0) is 41.5 Å². The SMILES string of the molecule is CC(C)(C)[P+](C)(C)C(C)(C)C.CCCC[B-](CCCC)(CCCC)CCCC. The first kappa shape index (κ1) is 30.7. The smallest absolute Gasteiger partial charge is 0.0715 e. The van der Waals surface area contributed by atoms with Gasteiger partial charge in [-0.15, -0.1) is 0 Å². The van der Waals surface area contributed by atoms with Crippen molar-refractivity contribution >= 4 is 13.4 Å². The van der Waals surface area contributed by atoms with Gasteiger partial charge in [0.2, 0.25) is 0 Å². The van der Waals surface area contributed by atoms with Gasteiger partial charge in [0.15, 0.2) is 0 Å². The van der Waals surface area contributed by atoms with Crippen molar-refractivity contribution in [1.29, 1.82) is 0 Å². The number of hydrogen-bond acceptors (Lipinski definition) is 0. The molecule has 0 atom stereocenters. The normalized spacial score (nSPS) is 13.3. The molecule has 0 nitrogen and oxygen atoms in total. The third kappa shape index (κ3) is 11.6. The van der Waals surface area contributed by atoms with Gasteiger partial charge < -0.3 is 0 Å². The van der Waals surface area contributed by atoms with Crippen molar-refractivity contribution in [2.24, 2.45) is 0 Å². The summed E-state index contributed by atoms with van der Waals surface area (Å²) in [5.41, 5.74) is 0. The van der Waals surface area contributed by atoms with Crippen molar-refractivity contribution < 1.29 is 0 Å². The zero-order valence-corrected chi connectivity index (χ0v) is 23.4. The second-order valence-electron chi connectivity index (χ2n) is 12.1. The molecule has 2 heteroatoms. The molecule has 0 spiro atoms. The summed E-state index contributed by atoms with van der Waals surface area (Å²) in [6, 6.07) is 0. The fourth-order valence-corrected chi connectivity index (χ4v) is 6.43. The van der Waals surface area contributed by atoms with Crippen LogP contribution in [0.1, 0.15) is 121 Å². The Morgan fingerprint density at radius 3 is 0.821 bits per heavy atom. The molecular formula is C26H60BP. The first-order valence-electron chi connectivity index (χ1n) is 12.8. The van der Waals surface area contributed by atoms with Crippen LogP contribution in [0.25, 0.3) is 0 Å². The summed E-state index contributed by atoms with van der Waals surface area (Å²) in [4.78, 5) is 0. The first-order chi connectivity index (χ1) is 12.7. The monoisotopic (exact) mass is 414 g/mol. The lowest BCUT2D eigenvalue weighted by atomic mass is 9.17. The zero-order chi connectivity index (χ0) is 22.5. The van der Waals surface area contributed by atoms with Crippen molar-refractivity contribution in [1.82, 2.24) is 0 Å². The minimum absolute atomic E-state index is 0.00722. The summed E-state index contributed by atoms with van der Waals surface area (Å²) in [6.07, 6.45) is 17.6. The van der Waals surface area contributed by atoms with Gasteiger partial charge in [-0.3, -0.25) is 0 Å². The molecule has 0 radical (unpaired) electrons. The van der Waals surface area contributed by atoms with E-state index in [0.29, 0.717) is 10.3 Å². The maximum atomic E-state index is 2.47. The van der Waals surface area contributed by atoms with Crippen LogP contribution in [0.3, 0.4) is 0 Å². The molecule has 0 bridgehead atoms. The highest BCUT2D eigenvalue weighted by atomic mass is 31.2. The lowest BCUT2D eigenvalue weighted by Gasteiger charge is -2.41. The van der Waals surface area contributed by atoms with E-state index in [9.17, 15) is 0 Å². The molecule has 0 aromatic carbocycles. The third-order valence-electron chi connectivity index (χ3n) is 8.03. The Morgan fingerprint density at radius 1 is 0.500 bits per heavy atom. The Hall–Kier alpha value is 0.495. The van der Waals surface area contributed by atoms with E-state index in [1.54, 1.807) is 25.3 Å². The highest BCUT2D eigenvalue weighted by Gasteiger charge is 2.49. The van der Waals surface area contributed by atoms with Crippen molar-refractivity contribution in [3.05, 3.63) is 0 Å². The second-order valence-corrected chi connectivity index (χ2v) is 17.7. The van der Waals surface area contributed by atoms with Gasteiger partial charge in [-0.2, -0.15) is 25.3 Å². The number of unbranched alkanes of at least 4 members (excludes halogenated alkanes) is 4. The minimum Gasteiger partial charge on any atom is -0.178 e. The van der Waals surface area contributed by atoms with Crippen LogP contribution in [0.2, 0.25) is 25.3 Å². The first-order valence-corrected chi connectivity index (χ1v) is 15.5. The summed E-state index contributed by atoms with van der Waals surface area (Å²) in [5, 5.41) is 0.983. The Kier molecular flexibility index (Phi) is 15.9. The van der Waals surface area contributed by atoms with Crippen LogP contribution in [0, 0.1) is 0 Å². The maximum absolute atomic E-state index is 2.47. The zero-order valence-electron chi connectivity index (χ0n) is 22.5. The van der Waals surface area contributed by atoms with Crippen LogP contribution in [-0.4, -0.2) is 29.8 Å². The van der Waals surface area contributed by atoms with Crippen LogP contribution in [-0.2, 0) is 0 Å². The highest BCUT2D eigenvalue weighted by molar-refractivity contribution is 7.77. The molecule has 0 heterocycles. The van der Waals surface area contributed by atoms with E-state index in [4.69, 9.17) is 0 Å². The van der Waals surface area contributed by atoms with Crippen molar-refractivity contribution in [3.8, 4) is 0 Å². The summed E-state index contributed by atoms with van der Waals surface area (Å²) < 4.78 is 0. The molecule has 0 aliphatic heterocycles. The number of rotatable bonds is 12. The molecule has 0 fully saturated rings. The molecule has 0 saturated carbocycles. The van der Waals surface area contributed by atoms with Gasteiger partial charge in [0.1, 0.15) is 0 Å². The van der Waals surface area contributed by atoms with Crippen molar-refractivity contribution in [2.45, 2.75) is 156 Å². The van der Waals surface area contributed by atoms with E-state index in [2.05, 4.69) is 82.6 Å². The predicted molar refractivity (Wildman–Crippen MR) is 143 cm³/mol. The van der Waals surface area contributed by atoms with Gasteiger partial charge >= 0.3 is 0 Å². The molecule has 28 heavy (non-hydrogen) atoms. The van der Waals surface area contributed by atoms with Crippen LogP contribution < -0.4 is 0 Å². The van der Waals surface area contributed by atoms with E-state index in [0.717, 1.165) is 0 Å². The Bertz CT molecular complexity index is 306. The second kappa shape index (κ2) is 14.5. The summed E-state index contributed by atoms with van der Waals surface area (Å²) >= 11 is 0. The Balaban J connectivity index is 0. The summed E-state index contributed by atoms with van der Waals surface area (Å²) in [5.74, 6) is 0. The largest absolute Gasteiger partial charge is 0.178 e. The lowest BCUT2D eigenvalue weighted by molar-refractivity contribution is 0.695. The number of hydrogen-bond donors (Lipinski definition) is 0. The molecule has 0 aromatic rings. The molecule has 0 N–H and O–H groups in total. The van der Waals surface area contributed by atoms with Gasteiger partial charge in [0.25, 0.3) is 0 Å². The van der Waals surface area contributed by atoms with Crippen LogP contribution in [0.4, 0.5) is 0 Å². The highest BCUT2D eigenvalue weighted by Crippen LogP contribution is 2.71. The van der Waals surface area contributed by atoms with E-state index >= 15 is 0 Å².